The Bertz CT molecular complexity index is 1170. The van der Waals surface area contributed by atoms with Gasteiger partial charge in [0.15, 0.2) is 5.11 Å². The molecular formula is C31H37N3O3S. The number of hydrogen-bond acceptors (Lipinski definition) is 4. The summed E-state index contributed by atoms with van der Waals surface area (Å²) in [5.74, 6) is 0.0773. The largest absolute Gasteiger partial charge is 0.489 e. The lowest BCUT2D eigenvalue weighted by molar-refractivity contribution is -0.137. The lowest BCUT2D eigenvalue weighted by atomic mass is 9.86. The van der Waals surface area contributed by atoms with E-state index in [1.54, 1.807) is 0 Å². The summed E-state index contributed by atoms with van der Waals surface area (Å²) >= 11 is 5.51. The molecule has 38 heavy (non-hydrogen) atoms. The van der Waals surface area contributed by atoms with Crippen molar-refractivity contribution >= 4 is 29.0 Å². The molecule has 3 N–H and O–H groups in total. The lowest BCUT2D eigenvalue weighted by Crippen LogP contribution is -2.36. The van der Waals surface area contributed by atoms with Gasteiger partial charge in [-0.2, -0.15) is 0 Å². The Hall–Kier alpha value is -3.42. The van der Waals surface area contributed by atoms with E-state index in [1.807, 2.05) is 54.6 Å². The minimum absolute atomic E-state index is 0.202. The first-order chi connectivity index (χ1) is 18.6. The van der Waals surface area contributed by atoms with E-state index in [0.717, 1.165) is 55.9 Å². The summed E-state index contributed by atoms with van der Waals surface area (Å²) in [5.41, 5.74) is 4.86. The molecule has 0 fully saturated rings. The second-order valence-corrected chi connectivity index (χ2v) is 10.1. The van der Waals surface area contributed by atoms with Crippen molar-refractivity contribution in [3.05, 3.63) is 95.6 Å². The molecule has 0 spiro atoms. The number of nitrogens with one attached hydrogen (secondary N) is 2. The number of hydrogen-bond donors (Lipinski definition) is 3. The van der Waals surface area contributed by atoms with Gasteiger partial charge in [0.2, 0.25) is 0 Å². The molecule has 0 saturated heterocycles. The molecule has 1 atom stereocenters. The maximum Gasteiger partial charge on any atom is 0.303 e. The number of carboxylic acids is 1. The van der Waals surface area contributed by atoms with Crippen LogP contribution in [0.5, 0.6) is 5.75 Å². The monoisotopic (exact) mass is 531 g/mol. The Morgan fingerprint density at radius 3 is 2.50 bits per heavy atom. The molecule has 0 aromatic heterocycles. The average Bonchev–Trinajstić information content (AvgIpc) is 2.94. The van der Waals surface area contributed by atoms with Crippen molar-refractivity contribution in [2.45, 2.75) is 51.2 Å². The number of aliphatic carboxylic acids is 1. The van der Waals surface area contributed by atoms with Crippen molar-refractivity contribution in [3.63, 3.8) is 0 Å². The van der Waals surface area contributed by atoms with Crippen LogP contribution in [0.4, 0.5) is 5.69 Å². The van der Waals surface area contributed by atoms with Gasteiger partial charge in [-0.15, -0.1) is 0 Å². The van der Waals surface area contributed by atoms with Crippen molar-refractivity contribution in [3.8, 4) is 5.75 Å². The number of anilines is 1. The highest BCUT2D eigenvalue weighted by Crippen LogP contribution is 2.34. The van der Waals surface area contributed by atoms with Crippen LogP contribution < -0.4 is 15.4 Å². The zero-order valence-corrected chi connectivity index (χ0v) is 22.6. The molecule has 0 bridgehead atoms. The van der Waals surface area contributed by atoms with Crippen LogP contribution in [-0.2, 0) is 17.8 Å². The molecule has 0 heterocycles. The summed E-state index contributed by atoms with van der Waals surface area (Å²) in [6.45, 7) is 2.95. The zero-order valence-electron chi connectivity index (χ0n) is 21.8. The van der Waals surface area contributed by atoms with Crippen LogP contribution in [0, 0.1) is 0 Å². The number of benzene rings is 3. The Balaban J connectivity index is 1.22. The van der Waals surface area contributed by atoms with Gasteiger partial charge in [-0.05, 0) is 91.8 Å². The number of carboxylic acid groups (broad SMARTS) is 1. The summed E-state index contributed by atoms with van der Waals surface area (Å²) in [5, 5.41) is 16.3. The molecule has 1 aliphatic carbocycles. The highest BCUT2D eigenvalue weighted by molar-refractivity contribution is 7.80. The maximum atomic E-state index is 11.1. The highest BCUT2D eigenvalue weighted by atomic mass is 32.1. The summed E-state index contributed by atoms with van der Waals surface area (Å²) in [6, 6.07) is 26.9. The molecule has 0 amide bonds. The van der Waals surface area contributed by atoms with E-state index < -0.39 is 5.97 Å². The van der Waals surface area contributed by atoms with Gasteiger partial charge in [0.25, 0.3) is 0 Å². The summed E-state index contributed by atoms with van der Waals surface area (Å²) in [6.07, 6.45) is 5.18. The van der Waals surface area contributed by atoms with Gasteiger partial charge in [-0.1, -0.05) is 54.6 Å². The predicted molar refractivity (Wildman–Crippen MR) is 157 cm³/mol. The quantitative estimate of drug-likeness (QED) is 0.179. The summed E-state index contributed by atoms with van der Waals surface area (Å²) in [4.78, 5) is 13.6. The van der Waals surface area contributed by atoms with Crippen molar-refractivity contribution in [1.82, 2.24) is 10.2 Å². The normalized spacial score (nSPS) is 14.5. The Morgan fingerprint density at radius 2 is 1.71 bits per heavy atom. The van der Waals surface area contributed by atoms with E-state index in [0.29, 0.717) is 24.2 Å². The number of rotatable bonds is 13. The SMILES string of the molecule is O=C(O)CCCN(CCCNC(=S)Nc1ccc(OCc2ccccc2)cc1)C1CCCc2ccccc21. The van der Waals surface area contributed by atoms with Gasteiger partial charge < -0.3 is 20.5 Å². The summed E-state index contributed by atoms with van der Waals surface area (Å²) in [7, 11) is 0. The van der Waals surface area contributed by atoms with E-state index in [4.69, 9.17) is 22.1 Å². The minimum atomic E-state index is -0.733. The molecule has 6 nitrogen and oxygen atoms in total. The molecule has 200 valence electrons. The fourth-order valence-electron chi connectivity index (χ4n) is 5.00. The molecule has 3 aromatic rings. The molecule has 1 aliphatic rings. The van der Waals surface area contributed by atoms with Crippen LogP contribution in [-0.4, -0.2) is 40.7 Å². The van der Waals surface area contributed by atoms with Crippen LogP contribution in [0.3, 0.4) is 0 Å². The fraction of sp³-hybridized carbons (Fsp3) is 0.355. The Labute approximate surface area is 231 Å². The van der Waals surface area contributed by atoms with Crippen LogP contribution >= 0.6 is 12.2 Å². The van der Waals surface area contributed by atoms with Crippen molar-refractivity contribution in [2.24, 2.45) is 0 Å². The van der Waals surface area contributed by atoms with Crippen LogP contribution in [0.25, 0.3) is 0 Å². The van der Waals surface area contributed by atoms with E-state index in [-0.39, 0.29) is 6.42 Å². The van der Waals surface area contributed by atoms with E-state index in [9.17, 15) is 4.79 Å². The second kappa shape index (κ2) is 14.5. The van der Waals surface area contributed by atoms with Gasteiger partial charge in [-0.3, -0.25) is 9.69 Å². The first-order valence-corrected chi connectivity index (χ1v) is 13.8. The number of aryl methyl sites for hydroxylation is 1. The molecule has 0 aliphatic heterocycles. The van der Waals surface area contributed by atoms with Crippen LogP contribution in [0.15, 0.2) is 78.9 Å². The van der Waals surface area contributed by atoms with Gasteiger partial charge >= 0.3 is 5.97 Å². The Morgan fingerprint density at radius 1 is 0.974 bits per heavy atom. The number of ether oxygens (including phenoxy) is 1. The molecule has 0 radical (unpaired) electrons. The first-order valence-electron chi connectivity index (χ1n) is 13.4. The van der Waals surface area contributed by atoms with Crippen LogP contribution in [0.1, 0.15) is 54.8 Å². The van der Waals surface area contributed by atoms with Gasteiger partial charge in [0, 0.05) is 31.2 Å². The number of carbonyl (C=O) groups is 1. The number of thiocarbonyl (C=S) groups is 1. The third-order valence-electron chi connectivity index (χ3n) is 6.88. The molecule has 3 aromatic carbocycles. The standard InChI is InChI=1S/C31H37N3O3S/c35-30(36)15-7-21-34(29-14-6-12-25-11-4-5-13-28(25)29)22-8-20-32-31(38)33-26-16-18-27(19-17-26)37-23-24-9-2-1-3-10-24/h1-5,9-11,13,16-19,29H,6-8,12,14-15,20-23H2,(H,35,36)(H2,32,33,38). The maximum absolute atomic E-state index is 11.1. The van der Waals surface area contributed by atoms with Gasteiger partial charge in [0.1, 0.15) is 12.4 Å². The van der Waals surface area contributed by atoms with Crippen LogP contribution in [0.2, 0.25) is 0 Å². The van der Waals surface area contributed by atoms with E-state index >= 15 is 0 Å². The van der Waals surface area contributed by atoms with Crippen molar-refractivity contribution < 1.29 is 14.6 Å². The second-order valence-electron chi connectivity index (χ2n) is 9.67. The molecule has 0 saturated carbocycles. The van der Waals surface area contributed by atoms with Crippen molar-refractivity contribution in [1.29, 1.82) is 0 Å². The molecular weight excluding hydrogens is 494 g/mol. The molecule has 4 rings (SSSR count). The van der Waals surface area contributed by atoms with Gasteiger partial charge in [0.05, 0.1) is 0 Å². The lowest BCUT2D eigenvalue weighted by Gasteiger charge is -2.36. The topological polar surface area (TPSA) is 73.8 Å². The smallest absolute Gasteiger partial charge is 0.303 e. The first kappa shape index (κ1) is 27.6. The predicted octanol–water partition coefficient (Wildman–Crippen LogP) is 6.19. The van der Waals surface area contributed by atoms with Gasteiger partial charge in [-0.25, -0.2) is 0 Å². The van der Waals surface area contributed by atoms with E-state index in [1.165, 1.54) is 17.5 Å². The van der Waals surface area contributed by atoms with E-state index in [2.05, 4.69) is 39.8 Å². The third-order valence-corrected chi connectivity index (χ3v) is 7.13. The third kappa shape index (κ3) is 8.57. The summed E-state index contributed by atoms with van der Waals surface area (Å²) < 4.78 is 5.85. The number of fused-ring (bicyclic) bond motifs is 1. The number of nitrogens with zero attached hydrogens (tertiary/aromatic N) is 1. The minimum Gasteiger partial charge on any atom is -0.489 e. The fourth-order valence-corrected chi connectivity index (χ4v) is 5.22. The Kier molecular flexibility index (Phi) is 10.5. The zero-order chi connectivity index (χ0) is 26.6. The highest BCUT2D eigenvalue weighted by Gasteiger charge is 2.25. The molecule has 7 heteroatoms. The molecule has 1 unspecified atom stereocenters. The average molecular weight is 532 g/mol. The van der Waals surface area contributed by atoms with Crippen molar-refractivity contribution in [2.75, 3.05) is 25.0 Å².